The van der Waals surface area contributed by atoms with E-state index in [0.717, 1.165) is 17.7 Å². The molecule has 34 heavy (non-hydrogen) atoms. The maximum absolute atomic E-state index is 13.2. The van der Waals surface area contributed by atoms with Gasteiger partial charge in [-0.25, -0.2) is 0 Å². The number of halogens is 3. The third-order valence-electron chi connectivity index (χ3n) is 5.62. The van der Waals surface area contributed by atoms with Crippen LogP contribution in [0.25, 0.3) is 11.1 Å². The van der Waals surface area contributed by atoms with Gasteiger partial charge in [-0.1, -0.05) is 35.4 Å². The van der Waals surface area contributed by atoms with Crippen molar-refractivity contribution in [3.8, 4) is 11.1 Å². The average molecular weight is 475 g/mol. The van der Waals surface area contributed by atoms with Crippen LogP contribution in [0.4, 0.5) is 19.2 Å². The minimum absolute atomic E-state index is 0.109. The number of aromatic nitrogens is 2. The summed E-state index contributed by atoms with van der Waals surface area (Å²) in [4.78, 5) is 14.4. The molecule has 3 aromatic rings. The summed E-state index contributed by atoms with van der Waals surface area (Å²) in [6.45, 7) is 4.18. The van der Waals surface area contributed by atoms with Crippen LogP contribution in [-0.2, 0) is 17.5 Å². The SMILES string of the molecule is C[C@@H](NC(=O)c1nnc(N2CCOCC2)o1)c1ccc(-c2cc(C(F)(F)F)ccc2CN)cc1. The van der Waals surface area contributed by atoms with Crippen LogP contribution in [0.5, 0.6) is 0 Å². The topological polar surface area (TPSA) is 107 Å². The molecular weight excluding hydrogens is 451 g/mol. The summed E-state index contributed by atoms with van der Waals surface area (Å²) in [7, 11) is 0. The molecule has 180 valence electrons. The fourth-order valence-electron chi connectivity index (χ4n) is 3.68. The van der Waals surface area contributed by atoms with Crippen molar-refractivity contribution in [2.75, 3.05) is 31.2 Å². The summed E-state index contributed by atoms with van der Waals surface area (Å²) >= 11 is 0. The van der Waals surface area contributed by atoms with Crippen LogP contribution in [0.2, 0.25) is 0 Å². The molecule has 0 spiro atoms. The Hall–Kier alpha value is -3.44. The van der Waals surface area contributed by atoms with E-state index in [0.29, 0.717) is 43.0 Å². The maximum atomic E-state index is 13.2. The van der Waals surface area contributed by atoms with E-state index in [-0.39, 0.29) is 18.5 Å². The maximum Gasteiger partial charge on any atom is 0.416 e. The second kappa shape index (κ2) is 9.82. The van der Waals surface area contributed by atoms with E-state index < -0.39 is 23.7 Å². The molecule has 1 aromatic heterocycles. The highest BCUT2D eigenvalue weighted by Crippen LogP contribution is 2.34. The van der Waals surface area contributed by atoms with Crippen LogP contribution in [0.3, 0.4) is 0 Å². The highest BCUT2D eigenvalue weighted by molar-refractivity contribution is 5.89. The zero-order valence-electron chi connectivity index (χ0n) is 18.4. The molecule has 3 N–H and O–H groups in total. The number of carbonyl (C=O) groups excluding carboxylic acids is 1. The van der Waals surface area contributed by atoms with Gasteiger partial charge in [-0.2, -0.15) is 13.2 Å². The summed E-state index contributed by atoms with van der Waals surface area (Å²) in [6, 6.07) is 10.3. The molecule has 0 saturated carbocycles. The van der Waals surface area contributed by atoms with Gasteiger partial charge in [0.2, 0.25) is 0 Å². The molecule has 1 fully saturated rings. The van der Waals surface area contributed by atoms with E-state index in [2.05, 4.69) is 15.5 Å². The highest BCUT2D eigenvalue weighted by Gasteiger charge is 2.31. The van der Waals surface area contributed by atoms with Gasteiger partial charge < -0.3 is 25.1 Å². The molecule has 1 aliphatic heterocycles. The Morgan fingerprint density at radius 3 is 2.50 bits per heavy atom. The molecule has 0 aliphatic carbocycles. The van der Waals surface area contributed by atoms with Crippen LogP contribution in [-0.4, -0.2) is 42.4 Å². The number of alkyl halides is 3. The first kappa shape index (κ1) is 23.7. The Balaban J connectivity index is 1.46. The van der Waals surface area contributed by atoms with Gasteiger partial charge in [0.15, 0.2) is 0 Å². The van der Waals surface area contributed by atoms with Crippen molar-refractivity contribution in [1.82, 2.24) is 15.5 Å². The first-order valence-electron chi connectivity index (χ1n) is 10.7. The molecule has 0 bridgehead atoms. The van der Waals surface area contributed by atoms with Gasteiger partial charge in [0, 0.05) is 19.6 Å². The van der Waals surface area contributed by atoms with Gasteiger partial charge in [0.1, 0.15) is 0 Å². The molecule has 1 saturated heterocycles. The second-order valence-electron chi connectivity index (χ2n) is 7.88. The number of amides is 1. The van der Waals surface area contributed by atoms with Gasteiger partial charge in [-0.15, -0.1) is 5.10 Å². The van der Waals surface area contributed by atoms with E-state index in [9.17, 15) is 18.0 Å². The predicted molar refractivity (Wildman–Crippen MR) is 118 cm³/mol. The monoisotopic (exact) mass is 475 g/mol. The smallest absolute Gasteiger partial charge is 0.399 e. The predicted octanol–water partition coefficient (Wildman–Crippen LogP) is 3.54. The van der Waals surface area contributed by atoms with Crippen molar-refractivity contribution in [1.29, 1.82) is 0 Å². The fraction of sp³-hybridized carbons (Fsp3) is 0.348. The number of hydrogen-bond donors (Lipinski definition) is 2. The first-order valence-corrected chi connectivity index (χ1v) is 10.7. The van der Waals surface area contributed by atoms with E-state index >= 15 is 0 Å². The second-order valence-corrected chi connectivity index (χ2v) is 7.88. The zero-order chi connectivity index (χ0) is 24.3. The van der Waals surface area contributed by atoms with Crippen molar-refractivity contribution in [3.63, 3.8) is 0 Å². The van der Waals surface area contributed by atoms with E-state index in [1.165, 1.54) is 6.07 Å². The van der Waals surface area contributed by atoms with Crippen molar-refractivity contribution in [2.24, 2.45) is 5.73 Å². The van der Waals surface area contributed by atoms with E-state index in [1.807, 2.05) is 4.90 Å². The Morgan fingerprint density at radius 2 is 1.85 bits per heavy atom. The minimum atomic E-state index is -4.45. The molecule has 0 unspecified atom stereocenters. The average Bonchev–Trinajstić information content (AvgIpc) is 3.34. The van der Waals surface area contributed by atoms with Crippen LogP contribution in [0, 0.1) is 0 Å². The number of benzene rings is 2. The van der Waals surface area contributed by atoms with Crippen LogP contribution < -0.4 is 16.0 Å². The Labute approximate surface area is 193 Å². The normalized spacial score (nSPS) is 15.3. The molecule has 2 heterocycles. The standard InChI is InChI=1S/C23H24F3N5O3/c1-14(28-20(32)21-29-30-22(34-21)31-8-10-33-11-9-31)15-2-4-16(5-3-15)19-12-18(23(24,25)26)7-6-17(19)13-27/h2-7,12,14H,8-11,13,27H2,1H3,(H,28,32)/t14-/m1/s1. The molecule has 1 atom stereocenters. The lowest BCUT2D eigenvalue weighted by Crippen LogP contribution is -2.36. The Kier molecular flexibility index (Phi) is 6.85. The number of nitrogens with zero attached hydrogens (tertiary/aromatic N) is 3. The number of nitrogens with one attached hydrogen (secondary N) is 1. The van der Waals surface area contributed by atoms with E-state index in [1.54, 1.807) is 31.2 Å². The zero-order valence-corrected chi connectivity index (χ0v) is 18.4. The summed E-state index contributed by atoms with van der Waals surface area (Å²) in [5.74, 6) is -0.673. The molecule has 8 nitrogen and oxygen atoms in total. The molecule has 1 aliphatic rings. The lowest BCUT2D eigenvalue weighted by Gasteiger charge is -2.24. The number of morpholine rings is 1. The van der Waals surface area contributed by atoms with Crippen molar-refractivity contribution >= 4 is 11.9 Å². The molecule has 1 amide bonds. The van der Waals surface area contributed by atoms with Gasteiger partial charge in [-0.3, -0.25) is 4.79 Å². The van der Waals surface area contributed by atoms with Crippen molar-refractivity contribution < 1.29 is 27.1 Å². The third kappa shape index (κ3) is 5.20. The summed E-state index contributed by atoms with van der Waals surface area (Å²) in [5.41, 5.74) is 7.37. The summed E-state index contributed by atoms with van der Waals surface area (Å²) in [5, 5.41) is 10.5. The molecule has 11 heteroatoms. The molecule has 2 aromatic carbocycles. The lowest BCUT2D eigenvalue weighted by atomic mass is 9.95. The fourth-order valence-corrected chi connectivity index (χ4v) is 3.68. The van der Waals surface area contributed by atoms with Gasteiger partial charge in [-0.05, 0) is 41.3 Å². The number of ether oxygens (including phenoxy) is 1. The van der Waals surface area contributed by atoms with Crippen molar-refractivity contribution in [3.05, 3.63) is 65.0 Å². The van der Waals surface area contributed by atoms with Crippen molar-refractivity contribution in [2.45, 2.75) is 25.7 Å². The van der Waals surface area contributed by atoms with Crippen LogP contribution >= 0.6 is 0 Å². The number of anilines is 1. The van der Waals surface area contributed by atoms with E-state index in [4.69, 9.17) is 14.9 Å². The van der Waals surface area contributed by atoms with Gasteiger partial charge in [0.05, 0.1) is 24.8 Å². The number of hydrogen-bond acceptors (Lipinski definition) is 7. The quantitative estimate of drug-likeness (QED) is 0.562. The minimum Gasteiger partial charge on any atom is -0.399 e. The highest BCUT2D eigenvalue weighted by atomic mass is 19.4. The number of carbonyl (C=O) groups is 1. The Bertz CT molecular complexity index is 1140. The summed E-state index contributed by atoms with van der Waals surface area (Å²) < 4.78 is 50.3. The number of rotatable bonds is 6. The number of nitrogens with two attached hydrogens (primary N) is 1. The largest absolute Gasteiger partial charge is 0.416 e. The third-order valence-corrected chi connectivity index (χ3v) is 5.62. The van der Waals surface area contributed by atoms with Crippen LogP contribution in [0.15, 0.2) is 46.9 Å². The molecule has 4 rings (SSSR count). The lowest BCUT2D eigenvalue weighted by molar-refractivity contribution is -0.137. The van der Waals surface area contributed by atoms with Gasteiger partial charge >= 0.3 is 24.0 Å². The molecular formula is C23H24F3N5O3. The molecule has 0 radical (unpaired) electrons. The first-order chi connectivity index (χ1) is 16.3. The van der Waals surface area contributed by atoms with Gasteiger partial charge in [0.25, 0.3) is 0 Å². The summed E-state index contributed by atoms with van der Waals surface area (Å²) in [6.07, 6.45) is -4.45. The van der Waals surface area contributed by atoms with Crippen LogP contribution in [0.1, 0.15) is 40.3 Å². The Morgan fingerprint density at radius 1 is 1.15 bits per heavy atom.